The number of anilines is 1. The maximum Gasteiger partial charge on any atom is 0.171 e. The van der Waals surface area contributed by atoms with Crippen molar-refractivity contribution < 1.29 is 9.84 Å². The topological polar surface area (TPSA) is 53.8 Å². The van der Waals surface area contributed by atoms with E-state index in [1.54, 1.807) is 12.3 Å². The van der Waals surface area contributed by atoms with Crippen molar-refractivity contribution in [3.8, 4) is 11.5 Å². The highest BCUT2D eigenvalue weighted by atomic mass is 127. The van der Waals surface area contributed by atoms with Crippen molar-refractivity contribution in [1.29, 1.82) is 0 Å². The molecule has 0 amide bonds. The molecule has 0 radical (unpaired) electrons. The molecule has 0 aliphatic carbocycles. The standard InChI is InChI=1S/C15H14BrIN2O2/c1-2-21-14-7-10(6-13(17)15(14)20)9-18-19-12-5-3-4-11(16)8-12/h3-9,19-20H,2H2,1H3/b18-9-. The summed E-state index contributed by atoms with van der Waals surface area (Å²) in [4.78, 5) is 0. The molecule has 2 aromatic carbocycles. The molecule has 0 spiro atoms. The number of nitrogens with one attached hydrogen (secondary N) is 1. The molecule has 0 bridgehead atoms. The third kappa shape index (κ3) is 4.60. The van der Waals surface area contributed by atoms with Gasteiger partial charge in [-0.15, -0.1) is 0 Å². The largest absolute Gasteiger partial charge is 0.504 e. The molecular weight excluding hydrogens is 447 g/mol. The van der Waals surface area contributed by atoms with Gasteiger partial charge in [-0.1, -0.05) is 22.0 Å². The molecule has 2 aromatic rings. The zero-order valence-electron chi connectivity index (χ0n) is 11.3. The molecule has 4 nitrogen and oxygen atoms in total. The van der Waals surface area contributed by atoms with Crippen molar-refractivity contribution in [1.82, 2.24) is 0 Å². The van der Waals surface area contributed by atoms with Crippen LogP contribution >= 0.6 is 38.5 Å². The van der Waals surface area contributed by atoms with E-state index in [4.69, 9.17) is 4.74 Å². The quantitative estimate of drug-likeness (QED) is 0.389. The van der Waals surface area contributed by atoms with Crippen LogP contribution in [0.25, 0.3) is 0 Å². The number of benzene rings is 2. The lowest BCUT2D eigenvalue weighted by atomic mass is 10.2. The highest BCUT2D eigenvalue weighted by molar-refractivity contribution is 14.1. The van der Waals surface area contributed by atoms with Crippen LogP contribution in [0.4, 0.5) is 5.69 Å². The monoisotopic (exact) mass is 460 g/mol. The molecule has 0 aromatic heterocycles. The van der Waals surface area contributed by atoms with Crippen molar-refractivity contribution in [2.24, 2.45) is 5.10 Å². The Morgan fingerprint density at radius 1 is 1.38 bits per heavy atom. The highest BCUT2D eigenvalue weighted by Crippen LogP contribution is 2.32. The van der Waals surface area contributed by atoms with Crippen molar-refractivity contribution >= 4 is 50.4 Å². The van der Waals surface area contributed by atoms with Gasteiger partial charge in [-0.2, -0.15) is 5.10 Å². The third-order valence-electron chi connectivity index (χ3n) is 2.58. The first kappa shape index (κ1) is 16.1. The van der Waals surface area contributed by atoms with E-state index in [0.29, 0.717) is 12.4 Å². The molecule has 0 aliphatic heterocycles. The highest BCUT2D eigenvalue weighted by Gasteiger charge is 2.08. The summed E-state index contributed by atoms with van der Waals surface area (Å²) < 4.78 is 7.11. The molecule has 0 saturated carbocycles. The summed E-state index contributed by atoms with van der Waals surface area (Å²) in [7, 11) is 0. The van der Waals surface area contributed by atoms with Gasteiger partial charge in [-0.25, -0.2) is 0 Å². The average Bonchev–Trinajstić information content (AvgIpc) is 2.44. The van der Waals surface area contributed by atoms with Gasteiger partial charge in [0, 0.05) is 4.47 Å². The first-order valence-electron chi connectivity index (χ1n) is 6.30. The summed E-state index contributed by atoms with van der Waals surface area (Å²) in [5.41, 5.74) is 4.69. The van der Waals surface area contributed by atoms with E-state index in [-0.39, 0.29) is 5.75 Å². The summed E-state index contributed by atoms with van der Waals surface area (Å²) >= 11 is 5.47. The van der Waals surface area contributed by atoms with Gasteiger partial charge in [0.2, 0.25) is 0 Å². The van der Waals surface area contributed by atoms with Crippen LogP contribution < -0.4 is 10.2 Å². The Kier molecular flexibility index (Phi) is 5.86. The first-order chi connectivity index (χ1) is 10.1. The lowest BCUT2D eigenvalue weighted by Gasteiger charge is -2.08. The van der Waals surface area contributed by atoms with Crippen LogP contribution in [0.2, 0.25) is 0 Å². The van der Waals surface area contributed by atoms with Crippen LogP contribution in [-0.2, 0) is 0 Å². The average molecular weight is 461 g/mol. The molecule has 6 heteroatoms. The number of hydrogen-bond donors (Lipinski definition) is 2. The normalized spacial score (nSPS) is 10.8. The van der Waals surface area contributed by atoms with Gasteiger partial charge in [-0.05, 0) is 65.4 Å². The molecule has 0 aliphatic rings. The van der Waals surface area contributed by atoms with Gasteiger partial charge >= 0.3 is 0 Å². The van der Waals surface area contributed by atoms with E-state index in [0.717, 1.165) is 19.3 Å². The lowest BCUT2D eigenvalue weighted by Crippen LogP contribution is -1.96. The Labute approximate surface area is 145 Å². The summed E-state index contributed by atoms with van der Waals surface area (Å²) in [6.45, 7) is 2.38. The van der Waals surface area contributed by atoms with Gasteiger partial charge in [0.15, 0.2) is 11.5 Å². The van der Waals surface area contributed by atoms with Crippen LogP contribution in [0.5, 0.6) is 11.5 Å². The predicted octanol–water partition coefficient (Wildman–Crippen LogP) is 4.60. The van der Waals surface area contributed by atoms with Gasteiger partial charge in [-0.3, -0.25) is 5.43 Å². The van der Waals surface area contributed by atoms with Crippen molar-refractivity contribution in [2.45, 2.75) is 6.92 Å². The van der Waals surface area contributed by atoms with E-state index in [2.05, 4.69) is 49.0 Å². The van der Waals surface area contributed by atoms with E-state index >= 15 is 0 Å². The van der Waals surface area contributed by atoms with E-state index in [9.17, 15) is 5.11 Å². The number of ether oxygens (including phenoxy) is 1. The second-order valence-corrected chi connectivity index (χ2v) is 6.24. The minimum absolute atomic E-state index is 0.162. The van der Waals surface area contributed by atoms with Gasteiger partial charge < -0.3 is 9.84 Å². The number of rotatable bonds is 5. The Morgan fingerprint density at radius 3 is 2.90 bits per heavy atom. The molecular formula is C15H14BrIN2O2. The van der Waals surface area contributed by atoms with Gasteiger partial charge in [0.1, 0.15) is 0 Å². The fourth-order valence-electron chi connectivity index (χ4n) is 1.67. The van der Waals surface area contributed by atoms with Crippen molar-refractivity contribution in [3.63, 3.8) is 0 Å². The maximum absolute atomic E-state index is 9.89. The number of aromatic hydroxyl groups is 1. The summed E-state index contributed by atoms with van der Waals surface area (Å²) in [5, 5.41) is 14.1. The molecule has 21 heavy (non-hydrogen) atoms. The third-order valence-corrected chi connectivity index (χ3v) is 3.90. The van der Waals surface area contributed by atoms with Crippen molar-refractivity contribution in [2.75, 3.05) is 12.0 Å². The molecule has 0 heterocycles. The van der Waals surface area contributed by atoms with E-state index in [1.165, 1.54) is 0 Å². The lowest BCUT2D eigenvalue weighted by molar-refractivity contribution is 0.317. The van der Waals surface area contributed by atoms with Gasteiger partial charge in [0.05, 0.1) is 22.1 Å². The van der Waals surface area contributed by atoms with Crippen LogP contribution in [0.1, 0.15) is 12.5 Å². The number of nitrogens with zero attached hydrogens (tertiary/aromatic N) is 1. The molecule has 2 N–H and O–H groups in total. The molecule has 110 valence electrons. The number of hydrazone groups is 1. The Morgan fingerprint density at radius 2 is 2.19 bits per heavy atom. The summed E-state index contributed by atoms with van der Waals surface area (Å²) in [6, 6.07) is 11.3. The molecule has 0 fully saturated rings. The van der Waals surface area contributed by atoms with Crippen LogP contribution in [0.15, 0.2) is 46.0 Å². The zero-order chi connectivity index (χ0) is 15.2. The Bertz CT molecular complexity index is 662. The van der Waals surface area contributed by atoms with E-state index in [1.807, 2.05) is 37.3 Å². The van der Waals surface area contributed by atoms with Crippen LogP contribution in [0.3, 0.4) is 0 Å². The fourth-order valence-corrected chi connectivity index (χ4v) is 2.70. The van der Waals surface area contributed by atoms with E-state index < -0.39 is 0 Å². The minimum Gasteiger partial charge on any atom is -0.504 e. The molecule has 0 saturated heterocycles. The molecule has 2 rings (SSSR count). The van der Waals surface area contributed by atoms with Crippen LogP contribution in [0, 0.1) is 3.57 Å². The number of phenols is 1. The fraction of sp³-hybridized carbons (Fsp3) is 0.133. The summed E-state index contributed by atoms with van der Waals surface area (Å²) in [5.74, 6) is 0.628. The first-order valence-corrected chi connectivity index (χ1v) is 8.17. The smallest absolute Gasteiger partial charge is 0.171 e. The maximum atomic E-state index is 9.89. The Hall–Kier alpha value is -1.28. The second-order valence-electron chi connectivity index (χ2n) is 4.16. The summed E-state index contributed by atoms with van der Waals surface area (Å²) in [6.07, 6.45) is 1.69. The Balaban J connectivity index is 2.13. The number of hydrogen-bond acceptors (Lipinski definition) is 4. The van der Waals surface area contributed by atoms with Crippen molar-refractivity contribution in [3.05, 3.63) is 50.0 Å². The SMILES string of the molecule is CCOc1cc(/C=N\Nc2cccc(Br)c2)cc(I)c1O. The van der Waals surface area contributed by atoms with Gasteiger partial charge in [0.25, 0.3) is 0 Å². The van der Waals surface area contributed by atoms with Crippen LogP contribution in [-0.4, -0.2) is 17.9 Å². The zero-order valence-corrected chi connectivity index (χ0v) is 15.1. The molecule has 0 unspecified atom stereocenters. The molecule has 0 atom stereocenters. The predicted molar refractivity (Wildman–Crippen MR) is 97.4 cm³/mol. The second kappa shape index (κ2) is 7.65. The minimum atomic E-state index is 0.162. The number of phenolic OH excluding ortho intramolecular Hbond substituents is 1. The number of halogens is 2.